The fraction of sp³-hybridized carbons (Fsp3) is 0.200. The van der Waals surface area contributed by atoms with Crippen LogP contribution in [-0.2, 0) is 38.1 Å². The minimum absolute atomic E-state index is 0.104. The summed E-state index contributed by atoms with van der Waals surface area (Å²) in [4.78, 5) is 52.8. The summed E-state index contributed by atoms with van der Waals surface area (Å²) in [6, 6.07) is 21.4. The number of ether oxygens (including phenoxy) is 5. The van der Waals surface area contributed by atoms with Crippen LogP contribution in [-0.4, -0.2) is 68.6 Å². The van der Waals surface area contributed by atoms with Gasteiger partial charge < -0.3 is 28.5 Å². The van der Waals surface area contributed by atoms with Gasteiger partial charge in [-0.25, -0.2) is 19.2 Å². The van der Waals surface area contributed by atoms with E-state index >= 15 is 0 Å². The molecule has 4 atom stereocenters. The second-order valence-corrected chi connectivity index (χ2v) is 10.8. The van der Waals surface area contributed by atoms with Crippen molar-refractivity contribution >= 4 is 57.6 Å². The number of methoxy groups -OCH3 is 1. The summed E-state index contributed by atoms with van der Waals surface area (Å²) in [5, 5.41) is 3.38. The first-order valence-electron chi connectivity index (χ1n) is 14.4. The number of esters is 3. The van der Waals surface area contributed by atoms with Crippen LogP contribution in [0.15, 0.2) is 84.9 Å². The van der Waals surface area contributed by atoms with E-state index in [0.717, 1.165) is 32.7 Å². The van der Waals surface area contributed by atoms with Crippen LogP contribution < -0.4 is 5.90 Å². The van der Waals surface area contributed by atoms with E-state index in [4.69, 9.17) is 24.8 Å². The number of nitrogens with two attached hydrogens (primary N) is 1. The zero-order valence-corrected chi connectivity index (χ0v) is 24.6. The van der Waals surface area contributed by atoms with Crippen LogP contribution in [0.2, 0.25) is 0 Å². The Morgan fingerprint density at radius 3 is 1.54 bits per heavy atom. The Labute approximate surface area is 263 Å². The van der Waals surface area contributed by atoms with Crippen LogP contribution in [0.1, 0.15) is 31.8 Å². The van der Waals surface area contributed by atoms with Crippen LogP contribution in [0.4, 0.5) is 0 Å². The maximum absolute atomic E-state index is 13.1. The molecule has 11 heteroatoms. The second kappa shape index (κ2) is 13.3. The summed E-state index contributed by atoms with van der Waals surface area (Å²) in [6.45, 7) is 0.209. The Hall–Kier alpha value is -5.36. The molecule has 2 heterocycles. The first kappa shape index (κ1) is 30.7. The fourth-order valence-corrected chi connectivity index (χ4v) is 5.47. The predicted molar refractivity (Wildman–Crippen MR) is 166 cm³/mol. The normalized spacial score (nSPS) is 20.7. The van der Waals surface area contributed by atoms with Gasteiger partial charge in [-0.05, 0) is 81.2 Å². The molecule has 0 spiro atoms. The molecule has 0 aromatic heterocycles. The minimum atomic E-state index is -0.671. The highest BCUT2D eigenvalue weighted by molar-refractivity contribution is 5.97. The third kappa shape index (κ3) is 6.66. The molecule has 6 rings (SSSR count). The van der Waals surface area contributed by atoms with Crippen LogP contribution in [0.5, 0.6) is 0 Å². The SMILES string of the molecule is COC(=O)/C=C/c1ccc2cc(C(=O)O[C@H]3COC4C(OC(=O)c5ccc6cc(/C=C/C(=O)ON)ccc6c5)COC43)ccc2c1. The van der Waals surface area contributed by atoms with Gasteiger partial charge in [0.1, 0.15) is 12.2 Å². The zero-order chi connectivity index (χ0) is 32.2. The molecule has 0 saturated carbocycles. The Bertz CT molecular complexity index is 1760. The van der Waals surface area contributed by atoms with Gasteiger partial charge in [0.2, 0.25) is 0 Å². The molecule has 0 amide bonds. The fourth-order valence-electron chi connectivity index (χ4n) is 5.47. The molecule has 46 heavy (non-hydrogen) atoms. The molecule has 4 aromatic carbocycles. The van der Waals surface area contributed by atoms with Gasteiger partial charge in [-0.3, -0.25) is 0 Å². The number of benzene rings is 4. The molecular formula is C35H29NO10. The topological polar surface area (TPSA) is 150 Å². The number of rotatable bonds is 8. The predicted octanol–water partition coefficient (Wildman–Crippen LogP) is 4.16. The molecule has 2 fully saturated rings. The van der Waals surface area contributed by atoms with Crippen molar-refractivity contribution in [3.8, 4) is 0 Å². The van der Waals surface area contributed by atoms with E-state index in [-0.39, 0.29) is 13.2 Å². The molecule has 0 aliphatic carbocycles. The average molecular weight is 624 g/mol. The first-order chi connectivity index (χ1) is 22.3. The molecule has 0 bridgehead atoms. The highest BCUT2D eigenvalue weighted by Crippen LogP contribution is 2.32. The monoisotopic (exact) mass is 623 g/mol. The molecule has 4 aromatic rings. The van der Waals surface area contributed by atoms with Gasteiger partial charge >= 0.3 is 23.9 Å². The van der Waals surface area contributed by atoms with Crippen LogP contribution in [0.25, 0.3) is 33.7 Å². The standard InChI is InChI=1S/C35H29NO10/c1-41-30(37)12-4-20-2-6-24-16-26(10-8-22(24)14-20)34(39)44-28-18-42-33-29(19-43-32(28)33)45-35(40)27-11-9-23-15-21(3-7-25(23)17-27)5-13-31(38)46-36/h2-17,28-29,32-33H,18-19,36H2,1H3/b12-4+,13-5+/t28-,29?,32?,33?/m0/s1. The summed E-state index contributed by atoms with van der Waals surface area (Å²) >= 11 is 0. The summed E-state index contributed by atoms with van der Waals surface area (Å²) in [6.07, 6.45) is 3.29. The number of hydrogen-bond donors (Lipinski definition) is 1. The molecule has 234 valence electrons. The number of fused-ring (bicyclic) bond motifs is 3. The van der Waals surface area contributed by atoms with Crippen LogP contribution in [0.3, 0.4) is 0 Å². The maximum Gasteiger partial charge on any atom is 0.349 e. The molecular weight excluding hydrogens is 594 g/mol. The van der Waals surface area contributed by atoms with Gasteiger partial charge in [-0.1, -0.05) is 36.4 Å². The van der Waals surface area contributed by atoms with Crippen molar-refractivity contribution in [2.24, 2.45) is 5.90 Å². The van der Waals surface area contributed by atoms with E-state index in [0.29, 0.717) is 11.1 Å². The Morgan fingerprint density at radius 1 is 0.652 bits per heavy atom. The molecule has 2 saturated heterocycles. The molecule has 2 N–H and O–H groups in total. The van der Waals surface area contributed by atoms with E-state index in [1.54, 1.807) is 54.6 Å². The van der Waals surface area contributed by atoms with Gasteiger partial charge in [0, 0.05) is 12.2 Å². The molecule has 3 unspecified atom stereocenters. The third-order valence-electron chi connectivity index (χ3n) is 7.82. The highest BCUT2D eigenvalue weighted by atomic mass is 16.7. The van der Waals surface area contributed by atoms with Crippen molar-refractivity contribution in [3.63, 3.8) is 0 Å². The van der Waals surface area contributed by atoms with Crippen LogP contribution in [0, 0.1) is 0 Å². The maximum atomic E-state index is 13.1. The van der Waals surface area contributed by atoms with Gasteiger partial charge in [0.05, 0.1) is 31.5 Å². The first-order valence-corrected chi connectivity index (χ1v) is 14.4. The van der Waals surface area contributed by atoms with Gasteiger partial charge in [0.25, 0.3) is 0 Å². The minimum Gasteiger partial charge on any atom is -0.466 e. The smallest absolute Gasteiger partial charge is 0.349 e. The van der Waals surface area contributed by atoms with Crippen molar-refractivity contribution in [2.45, 2.75) is 24.4 Å². The quantitative estimate of drug-likeness (QED) is 0.130. The largest absolute Gasteiger partial charge is 0.466 e. The molecule has 2 aliphatic rings. The molecule has 0 radical (unpaired) electrons. The van der Waals surface area contributed by atoms with E-state index in [2.05, 4.69) is 9.57 Å². The summed E-state index contributed by atoms with van der Waals surface area (Å²) in [5.41, 5.74) is 2.30. The zero-order valence-electron chi connectivity index (χ0n) is 24.6. The van der Waals surface area contributed by atoms with Crippen molar-refractivity contribution in [1.82, 2.24) is 0 Å². The van der Waals surface area contributed by atoms with E-state index in [9.17, 15) is 19.2 Å². The molecule has 11 nitrogen and oxygen atoms in total. The van der Waals surface area contributed by atoms with Crippen molar-refractivity contribution < 1.29 is 47.7 Å². The second-order valence-electron chi connectivity index (χ2n) is 10.8. The van der Waals surface area contributed by atoms with Gasteiger partial charge in [0.15, 0.2) is 12.2 Å². The lowest BCUT2D eigenvalue weighted by Gasteiger charge is -2.17. The third-order valence-corrected chi connectivity index (χ3v) is 7.82. The average Bonchev–Trinajstić information content (AvgIpc) is 3.67. The lowest BCUT2D eigenvalue weighted by molar-refractivity contribution is -0.138. The number of hydrogen-bond acceptors (Lipinski definition) is 11. The van der Waals surface area contributed by atoms with Crippen molar-refractivity contribution in [2.75, 3.05) is 20.3 Å². The van der Waals surface area contributed by atoms with E-state index < -0.39 is 48.3 Å². The highest BCUT2D eigenvalue weighted by Gasteiger charge is 2.51. The summed E-state index contributed by atoms with van der Waals surface area (Å²) in [7, 11) is 1.32. The van der Waals surface area contributed by atoms with Crippen LogP contribution >= 0.6 is 0 Å². The van der Waals surface area contributed by atoms with E-state index in [1.807, 2.05) is 30.3 Å². The Morgan fingerprint density at radius 2 is 1.09 bits per heavy atom. The lowest BCUT2D eigenvalue weighted by Crippen LogP contribution is -2.36. The van der Waals surface area contributed by atoms with Gasteiger partial charge in [-0.2, -0.15) is 5.90 Å². The lowest BCUT2D eigenvalue weighted by atomic mass is 10.0. The van der Waals surface area contributed by atoms with Gasteiger partial charge in [-0.15, -0.1) is 0 Å². The summed E-state index contributed by atoms with van der Waals surface area (Å²) < 4.78 is 27.9. The van der Waals surface area contributed by atoms with E-state index in [1.165, 1.54) is 19.3 Å². The van der Waals surface area contributed by atoms with Crippen molar-refractivity contribution in [3.05, 3.63) is 107 Å². The number of carbonyl (C=O) groups is 4. The van der Waals surface area contributed by atoms with Crippen molar-refractivity contribution in [1.29, 1.82) is 0 Å². The molecule has 2 aliphatic heterocycles. The number of carbonyl (C=O) groups excluding carboxylic acids is 4. The Balaban J connectivity index is 1.06. The summed E-state index contributed by atoms with van der Waals surface area (Å²) in [5.74, 6) is 2.68. The Kier molecular flexibility index (Phi) is 8.88.